The van der Waals surface area contributed by atoms with Crippen LogP contribution in [0.2, 0.25) is 0 Å². The van der Waals surface area contributed by atoms with E-state index in [9.17, 15) is 30.4 Å². The van der Waals surface area contributed by atoms with Crippen molar-refractivity contribution in [3.05, 3.63) is 36.0 Å². The average molecular weight is 395 g/mol. The van der Waals surface area contributed by atoms with Crippen molar-refractivity contribution in [2.24, 2.45) is 0 Å². The number of hydrogen-bond donors (Lipinski definition) is 1. The van der Waals surface area contributed by atoms with E-state index in [4.69, 9.17) is 0 Å². The Labute approximate surface area is 145 Å². The summed E-state index contributed by atoms with van der Waals surface area (Å²) >= 11 is 0. The van der Waals surface area contributed by atoms with Gasteiger partial charge < -0.3 is 5.32 Å². The van der Waals surface area contributed by atoms with Crippen LogP contribution in [0.1, 0.15) is 12.8 Å². The van der Waals surface area contributed by atoms with Gasteiger partial charge in [0.15, 0.2) is 5.82 Å². The molecule has 0 unspecified atom stereocenters. The van der Waals surface area contributed by atoms with Crippen molar-refractivity contribution in [1.82, 2.24) is 9.29 Å². The number of aromatic nitrogens is 1. The number of alkyl halides is 3. The van der Waals surface area contributed by atoms with E-state index >= 15 is 0 Å². The summed E-state index contributed by atoms with van der Waals surface area (Å²) in [5.41, 5.74) is -4.98. The maximum atomic E-state index is 13.8. The molecule has 3 rings (SSSR count). The zero-order valence-electron chi connectivity index (χ0n) is 13.2. The predicted molar refractivity (Wildman–Crippen MR) is 84.9 cm³/mol. The van der Waals surface area contributed by atoms with Crippen LogP contribution in [0.15, 0.2) is 24.4 Å². The maximum absolute atomic E-state index is 13.8. The number of anilines is 1. The Balaban J connectivity index is 1.76. The Bertz CT molecular complexity index is 925. The van der Waals surface area contributed by atoms with E-state index in [1.165, 1.54) is 12.3 Å². The first-order chi connectivity index (χ1) is 12.1. The minimum Gasteiger partial charge on any atom is -0.382 e. The maximum Gasteiger partial charge on any atom is 0.511 e. The number of fused-ring (bicyclic) bond motifs is 1. The minimum absolute atomic E-state index is 0.0338. The SMILES string of the molecule is O=S(=O)(N1CCC(Nc2ccnc3c(F)cc(F)cc23)CC1)C(F)(F)F. The number of hydrogen-bond acceptors (Lipinski definition) is 4. The number of sulfonamides is 1. The van der Waals surface area contributed by atoms with Crippen molar-refractivity contribution in [3.63, 3.8) is 0 Å². The fraction of sp³-hybridized carbons (Fsp3) is 0.400. The predicted octanol–water partition coefficient (Wildman–Crippen LogP) is 3.24. The van der Waals surface area contributed by atoms with Gasteiger partial charge in [0.1, 0.15) is 11.3 Å². The molecule has 2 aromatic rings. The molecule has 0 aliphatic carbocycles. The Morgan fingerprint density at radius 3 is 2.42 bits per heavy atom. The molecule has 0 bridgehead atoms. The third kappa shape index (κ3) is 3.45. The molecule has 2 heterocycles. The van der Waals surface area contributed by atoms with Crippen molar-refractivity contribution in [1.29, 1.82) is 0 Å². The van der Waals surface area contributed by atoms with E-state index in [-0.39, 0.29) is 42.9 Å². The third-order valence-corrected chi connectivity index (χ3v) is 5.84. The summed E-state index contributed by atoms with van der Waals surface area (Å²) in [4.78, 5) is 3.85. The Morgan fingerprint density at radius 2 is 1.81 bits per heavy atom. The number of piperidine rings is 1. The van der Waals surface area contributed by atoms with Gasteiger partial charge in [-0.15, -0.1) is 0 Å². The van der Waals surface area contributed by atoms with Gasteiger partial charge in [0.05, 0.1) is 0 Å². The lowest BCUT2D eigenvalue weighted by Gasteiger charge is -2.32. The normalized spacial score (nSPS) is 17.6. The molecular formula is C15H14F5N3O2S. The zero-order valence-corrected chi connectivity index (χ0v) is 14.0. The average Bonchev–Trinajstić information content (AvgIpc) is 2.55. The highest BCUT2D eigenvalue weighted by Crippen LogP contribution is 2.31. The van der Waals surface area contributed by atoms with Gasteiger partial charge in [0.25, 0.3) is 0 Å². The molecule has 5 nitrogen and oxygen atoms in total. The Morgan fingerprint density at radius 1 is 1.15 bits per heavy atom. The number of rotatable bonds is 3. The molecule has 0 saturated carbocycles. The summed E-state index contributed by atoms with van der Waals surface area (Å²) in [5, 5.41) is 3.22. The van der Waals surface area contributed by atoms with E-state index in [1.54, 1.807) is 0 Å². The molecule has 0 spiro atoms. The monoisotopic (exact) mass is 395 g/mol. The minimum atomic E-state index is -5.35. The van der Waals surface area contributed by atoms with Crippen LogP contribution in [0, 0.1) is 11.6 Å². The molecule has 26 heavy (non-hydrogen) atoms. The first kappa shape index (κ1) is 18.8. The van der Waals surface area contributed by atoms with Gasteiger partial charge in [0, 0.05) is 42.5 Å². The number of pyridine rings is 1. The van der Waals surface area contributed by atoms with E-state index < -0.39 is 27.2 Å². The summed E-state index contributed by atoms with van der Waals surface area (Å²) in [6.45, 7) is -0.601. The molecule has 0 amide bonds. The molecule has 1 fully saturated rings. The molecule has 1 saturated heterocycles. The van der Waals surface area contributed by atoms with Gasteiger partial charge in [-0.25, -0.2) is 17.2 Å². The van der Waals surface area contributed by atoms with Crippen LogP contribution in [0.25, 0.3) is 10.9 Å². The van der Waals surface area contributed by atoms with E-state index in [2.05, 4.69) is 10.3 Å². The molecule has 1 N–H and O–H groups in total. The van der Waals surface area contributed by atoms with Gasteiger partial charge in [0.2, 0.25) is 0 Å². The van der Waals surface area contributed by atoms with Gasteiger partial charge in [-0.05, 0) is 25.0 Å². The molecule has 1 aliphatic rings. The second kappa shape index (κ2) is 6.62. The van der Waals surface area contributed by atoms with Crippen LogP contribution >= 0.6 is 0 Å². The lowest BCUT2D eigenvalue weighted by molar-refractivity contribution is -0.0494. The van der Waals surface area contributed by atoms with Crippen LogP contribution in [0.4, 0.5) is 27.6 Å². The summed E-state index contributed by atoms with van der Waals surface area (Å²) in [6, 6.07) is 2.98. The Hall–Kier alpha value is -2.01. The summed E-state index contributed by atoms with van der Waals surface area (Å²) in [6.07, 6.45) is 1.57. The Kier molecular flexibility index (Phi) is 4.78. The second-order valence-electron chi connectivity index (χ2n) is 5.91. The highest BCUT2D eigenvalue weighted by molar-refractivity contribution is 7.90. The van der Waals surface area contributed by atoms with Gasteiger partial charge >= 0.3 is 15.5 Å². The fourth-order valence-corrected chi connectivity index (χ4v) is 3.90. The first-order valence-corrected chi connectivity index (χ1v) is 9.10. The smallest absolute Gasteiger partial charge is 0.382 e. The number of benzene rings is 1. The van der Waals surface area contributed by atoms with Crippen molar-refractivity contribution < 1.29 is 30.4 Å². The van der Waals surface area contributed by atoms with Crippen molar-refractivity contribution >= 4 is 26.6 Å². The first-order valence-electron chi connectivity index (χ1n) is 7.66. The molecule has 1 aromatic heterocycles. The van der Waals surface area contributed by atoms with E-state index in [1.807, 2.05) is 0 Å². The molecule has 11 heteroatoms. The van der Waals surface area contributed by atoms with Crippen LogP contribution < -0.4 is 5.32 Å². The molecule has 1 aromatic carbocycles. The van der Waals surface area contributed by atoms with Gasteiger partial charge in [-0.1, -0.05) is 0 Å². The van der Waals surface area contributed by atoms with Crippen molar-refractivity contribution in [3.8, 4) is 0 Å². The van der Waals surface area contributed by atoms with Crippen LogP contribution in [-0.4, -0.2) is 42.3 Å². The highest BCUT2D eigenvalue weighted by Gasteiger charge is 2.50. The molecule has 1 aliphatic heterocycles. The number of nitrogens with one attached hydrogen (secondary N) is 1. The molecule has 0 atom stereocenters. The van der Waals surface area contributed by atoms with Crippen molar-refractivity contribution in [2.45, 2.75) is 24.4 Å². The lowest BCUT2D eigenvalue weighted by atomic mass is 10.1. The second-order valence-corrected chi connectivity index (χ2v) is 7.84. The molecule has 142 valence electrons. The molecular weight excluding hydrogens is 381 g/mol. The van der Waals surface area contributed by atoms with Crippen LogP contribution in [0.5, 0.6) is 0 Å². The van der Waals surface area contributed by atoms with Gasteiger partial charge in [-0.3, -0.25) is 4.98 Å². The standard InChI is InChI=1S/C15H14F5N3O2S/c16-9-7-11-13(1-4-21-14(11)12(17)8-9)22-10-2-5-23(6-3-10)26(24,25)15(18,19)20/h1,4,7-8,10H,2-3,5-6H2,(H,21,22). The van der Waals surface area contributed by atoms with Gasteiger partial charge in [-0.2, -0.15) is 17.5 Å². The summed E-state index contributed by atoms with van der Waals surface area (Å²) in [5.74, 6) is -1.60. The quantitative estimate of drug-likeness (QED) is 0.811. The molecule has 0 radical (unpaired) electrons. The van der Waals surface area contributed by atoms with Crippen molar-refractivity contribution in [2.75, 3.05) is 18.4 Å². The number of nitrogens with zero attached hydrogens (tertiary/aromatic N) is 2. The summed E-state index contributed by atoms with van der Waals surface area (Å²) in [7, 11) is -5.35. The van der Waals surface area contributed by atoms with E-state index in [0.29, 0.717) is 16.1 Å². The zero-order chi connectivity index (χ0) is 19.1. The third-order valence-electron chi connectivity index (χ3n) is 4.21. The summed E-state index contributed by atoms with van der Waals surface area (Å²) < 4.78 is 88.3. The van der Waals surface area contributed by atoms with Crippen LogP contribution in [-0.2, 0) is 10.0 Å². The van der Waals surface area contributed by atoms with Crippen LogP contribution in [0.3, 0.4) is 0 Å². The lowest BCUT2D eigenvalue weighted by Crippen LogP contribution is -2.47. The number of halogens is 5. The highest BCUT2D eigenvalue weighted by atomic mass is 32.2. The topological polar surface area (TPSA) is 62.3 Å². The fourth-order valence-electron chi connectivity index (χ4n) is 2.91. The largest absolute Gasteiger partial charge is 0.511 e. The van der Waals surface area contributed by atoms with E-state index in [0.717, 1.165) is 6.07 Å².